The van der Waals surface area contributed by atoms with E-state index in [1.165, 1.54) is 10.9 Å². The molecular formula is C14H14FN3S. The van der Waals surface area contributed by atoms with E-state index in [0.29, 0.717) is 17.8 Å². The number of nitriles is 1. The summed E-state index contributed by atoms with van der Waals surface area (Å²) in [6.45, 7) is 2.72. The van der Waals surface area contributed by atoms with Gasteiger partial charge in [-0.2, -0.15) is 5.26 Å². The zero-order chi connectivity index (χ0) is 13.7. The smallest absolute Gasteiger partial charge is 0.147 e. The predicted molar refractivity (Wildman–Crippen MR) is 74.8 cm³/mol. The number of thiazole rings is 1. The lowest BCUT2D eigenvalue weighted by Crippen LogP contribution is -2.06. The number of benzene rings is 1. The van der Waals surface area contributed by atoms with Gasteiger partial charge in [-0.15, -0.1) is 11.3 Å². The summed E-state index contributed by atoms with van der Waals surface area (Å²) in [5.41, 5.74) is 0.752. The minimum atomic E-state index is -0.396. The Morgan fingerprint density at radius 1 is 1.47 bits per heavy atom. The standard InChI is InChI=1S/C14H14FN3S/c1-2-11-9-18-14(19-11)5-6-17-13-4-3-10(8-16)7-12(13)15/h3-4,7,9,17H,2,5-6H2,1H3. The molecule has 1 aromatic heterocycles. The highest BCUT2D eigenvalue weighted by Crippen LogP contribution is 2.17. The molecule has 19 heavy (non-hydrogen) atoms. The van der Waals surface area contributed by atoms with Crippen LogP contribution in [0.25, 0.3) is 0 Å². The SMILES string of the molecule is CCc1cnc(CCNc2ccc(C#N)cc2F)s1. The first-order valence-corrected chi connectivity index (χ1v) is 6.91. The number of halogens is 1. The molecule has 0 aliphatic carbocycles. The molecule has 2 rings (SSSR count). The quantitative estimate of drug-likeness (QED) is 0.910. The van der Waals surface area contributed by atoms with Gasteiger partial charge in [0.25, 0.3) is 0 Å². The van der Waals surface area contributed by atoms with E-state index < -0.39 is 5.82 Å². The molecule has 2 aromatic rings. The van der Waals surface area contributed by atoms with Crippen LogP contribution in [0, 0.1) is 17.1 Å². The lowest BCUT2D eigenvalue weighted by atomic mass is 10.2. The fourth-order valence-electron chi connectivity index (χ4n) is 1.66. The van der Waals surface area contributed by atoms with Gasteiger partial charge in [0.2, 0.25) is 0 Å². The summed E-state index contributed by atoms with van der Waals surface area (Å²) in [7, 11) is 0. The van der Waals surface area contributed by atoms with Crippen molar-refractivity contribution in [1.29, 1.82) is 5.26 Å². The molecule has 0 aliphatic heterocycles. The van der Waals surface area contributed by atoms with Crippen molar-refractivity contribution < 1.29 is 4.39 Å². The van der Waals surface area contributed by atoms with Crippen molar-refractivity contribution in [1.82, 2.24) is 4.98 Å². The first-order valence-electron chi connectivity index (χ1n) is 6.10. The molecule has 0 unspecified atom stereocenters. The Morgan fingerprint density at radius 2 is 2.32 bits per heavy atom. The highest BCUT2D eigenvalue weighted by atomic mass is 32.1. The number of hydrogen-bond acceptors (Lipinski definition) is 4. The molecule has 0 fully saturated rings. The average molecular weight is 275 g/mol. The highest BCUT2D eigenvalue weighted by molar-refractivity contribution is 7.11. The maximum absolute atomic E-state index is 13.6. The molecule has 0 amide bonds. The lowest BCUT2D eigenvalue weighted by molar-refractivity contribution is 0.629. The number of nitrogens with one attached hydrogen (secondary N) is 1. The third-order valence-electron chi connectivity index (χ3n) is 2.70. The van der Waals surface area contributed by atoms with Crippen LogP contribution in [0.4, 0.5) is 10.1 Å². The van der Waals surface area contributed by atoms with Crippen LogP contribution in [0.2, 0.25) is 0 Å². The number of aryl methyl sites for hydroxylation is 1. The Morgan fingerprint density at radius 3 is 2.95 bits per heavy atom. The van der Waals surface area contributed by atoms with E-state index in [-0.39, 0.29) is 0 Å². The molecule has 0 atom stereocenters. The van der Waals surface area contributed by atoms with E-state index in [2.05, 4.69) is 17.2 Å². The van der Waals surface area contributed by atoms with Crippen molar-refractivity contribution >= 4 is 17.0 Å². The molecule has 0 radical (unpaired) electrons. The second kappa shape index (κ2) is 6.30. The van der Waals surface area contributed by atoms with Crippen LogP contribution >= 0.6 is 11.3 Å². The van der Waals surface area contributed by atoms with Crippen molar-refractivity contribution in [3.8, 4) is 6.07 Å². The van der Waals surface area contributed by atoms with Crippen molar-refractivity contribution in [2.45, 2.75) is 19.8 Å². The van der Waals surface area contributed by atoms with Gasteiger partial charge < -0.3 is 5.32 Å². The predicted octanol–water partition coefficient (Wildman–Crippen LogP) is 3.37. The van der Waals surface area contributed by atoms with Crippen LogP contribution < -0.4 is 5.32 Å². The van der Waals surface area contributed by atoms with E-state index in [0.717, 1.165) is 17.8 Å². The van der Waals surface area contributed by atoms with E-state index >= 15 is 0 Å². The molecular weight excluding hydrogens is 261 g/mol. The first kappa shape index (κ1) is 13.5. The monoisotopic (exact) mass is 275 g/mol. The Balaban J connectivity index is 1.90. The molecule has 0 saturated carbocycles. The van der Waals surface area contributed by atoms with Crippen LogP contribution in [0.1, 0.15) is 22.4 Å². The minimum Gasteiger partial charge on any atom is -0.382 e. The van der Waals surface area contributed by atoms with E-state index in [1.807, 2.05) is 12.3 Å². The van der Waals surface area contributed by atoms with Crippen LogP contribution in [0.15, 0.2) is 24.4 Å². The summed E-state index contributed by atoms with van der Waals surface area (Å²) >= 11 is 1.69. The van der Waals surface area contributed by atoms with E-state index in [4.69, 9.17) is 5.26 Å². The number of nitrogens with zero attached hydrogens (tertiary/aromatic N) is 2. The molecule has 1 heterocycles. The summed E-state index contributed by atoms with van der Waals surface area (Å²) < 4.78 is 13.6. The summed E-state index contributed by atoms with van der Waals surface area (Å²) in [5.74, 6) is -0.396. The van der Waals surface area contributed by atoms with Crippen molar-refractivity contribution in [3.05, 3.63) is 45.7 Å². The fourth-order valence-corrected chi connectivity index (χ4v) is 2.52. The third kappa shape index (κ3) is 3.52. The van der Waals surface area contributed by atoms with Crippen LogP contribution in [-0.4, -0.2) is 11.5 Å². The molecule has 5 heteroatoms. The zero-order valence-corrected chi connectivity index (χ0v) is 11.4. The number of rotatable bonds is 5. The summed E-state index contributed by atoms with van der Waals surface area (Å²) in [5, 5.41) is 12.7. The Kier molecular flexibility index (Phi) is 4.48. The third-order valence-corrected chi connectivity index (χ3v) is 3.90. The minimum absolute atomic E-state index is 0.329. The molecule has 98 valence electrons. The molecule has 1 aromatic carbocycles. The molecule has 3 nitrogen and oxygen atoms in total. The average Bonchev–Trinajstić information content (AvgIpc) is 2.88. The van der Waals surface area contributed by atoms with Crippen LogP contribution in [-0.2, 0) is 12.8 Å². The van der Waals surface area contributed by atoms with Crippen molar-refractivity contribution in [2.24, 2.45) is 0 Å². The maximum atomic E-state index is 13.6. The Labute approximate surface area is 115 Å². The molecule has 0 saturated heterocycles. The van der Waals surface area contributed by atoms with Gasteiger partial charge in [-0.05, 0) is 24.6 Å². The second-order valence-electron chi connectivity index (χ2n) is 4.06. The summed E-state index contributed by atoms with van der Waals surface area (Å²) in [6.07, 6.45) is 3.65. The topological polar surface area (TPSA) is 48.7 Å². The number of hydrogen-bond donors (Lipinski definition) is 1. The summed E-state index contributed by atoms with van der Waals surface area (Å²) in [6, 6.07) is 6.34. The van der Waals surface area contributed by atoms with E-state index in [1.54, 1.807) is 23.5 Å². The molecule has 1 N–H and O–H groups in total. The van der Waals surface area contributed by atoms with E-state index in [9.17, 15) is 4.39 Å². The van der Waals surface area contributed by atoms with Gasteiger partial charge in [0, 0.05) is 24.0 Å². The van der Waals surface area contributed by atoms with Gasteiger partial charge in [-0.25, -0.2) is 9.37 Å². The fraction of sp³-hybridized carbons (Fsp3) is 0.286. The lowest BCUT2D eigenvalue weighted by Gasteiger charge is -2.06. The van der Waals surface area contributed by atoms with Gasteiger partial charge in [0.05, 0.1) is 22.3 Å². The van der Waals surface area contributed by atoms with Gasteiger partial charge >= 0.3 is 0 Å². The molecule has 0 bridgehead atoms. The van der Waals surface area contributed by atoms with Gasteiger partial charge in [0.1, 0.15) is 5.82 Å². The largest absolute Gasteiger partial charge is 0.382 e. The van der Waals surface area contributed by atoms with Gasteiger partial charge in [-0.3, -0.25) is 0 Å². The molecule has 0 aliphatic rings. The van der Waals surface area contributed by atoms with Crippen LogP contribution in [0.5, 0.6) is 0 Å². The zero-order valence-electron chi connectivity index (χ0n) is 10.6. The Hall–Kier alpha value is -1.93. The summed E-state index contributed by atoms with van der Waals surface area (Å²) in [4.78, 5) is 5.57. The maximum Gasteiger partial charge on any atom is 0.147 e. The highest BCUT2D eigenvalue weighted by Gasteiger charge is 2.04. The van der Waals surface area contributed by atoms with Crippen molar-refractivity contribution in [3.63, 3.8) is 0 Å². The normalized spacial score (nSPS) is 10.2. The second-order valence-corrected chi connectivity index (χ2v) is 5.26. The van der Waals surface area contributed by atoms with Crippen LogP contribution in [0.3, 0.4) is 0 Å². The first-order chi connectivity index (χ1) is 9.22. The molecule has 0 spiro atoms. The number of aromatic nitrogens is 1. The van der Waals surface area contributed by atoms with Gasteiger partial charge in [0.15, 0.2) is 0 Å². The Bertz CT molecular complexity index is 601. The van der Waals surface area contributed by atoms with Crippen molar-refractivity contribution in [2.75, 3.05) is 11.9 Å². The number of anilines is 1. The van der Waals surface area contributed by atoms with Gasteiger partial charge in [-0.1, -0.05) is 6.92 Å².